The van der Waals surface area contributed by atoms with Crippen LogP contribution in [0, 0.1) is 56.7 Å². The third-order valence-corrected chi connectivity index (χ3v) is 15.6. The van der Waals surface area contributed by atoms with Crippen molar-refractivity contribution in [2.45, 2.75) is 157 Å². The number of hydrogen-bond acceptors (Lipinski definition) is 4. The fraction of sp³-hybridized carbons (Fsp3) is 0.854. The number of carboxylic acid groups (broad SMARTS) is 1. The van der Waals surface area contributed by atoms with E-state index in [1.54, 1.807) is 0 Å². The van der Waals surface area contributed by atoms with E-state index in [4.69, 9.17) is 5.11 Å². The maximum Gasteiger partial charge on any atom is 0.303 e. The first-order chi connectivity index (χ1) is 22.1. The number of amides is 1. The maximum absolute atomic E-state index is 14.3. The van der Waals surface area contributed by atoms with Crippen LogP contribution < -0.4 is 5.32 Å². The molecule has 6 nitrogen and oxygen atoms in total. The van der Waals surface area contributed by atoms with Gasteiger partial charge in [-0.2, -0.15) is 0 Å². The number of allylic oxidation sites excluding steroid dienone is 1. The Kier molecular flexibility index (Phi) is 10.3. The Labute approximate surface area is 285 Å². The molecule has 5 saturated carbocycles. The smallest absolute Gasteiger partial charge is 0.303 e. The van der Waals surface area contributed by atoms with Crippen LogP contribution in [0.4, 0.5) is 0 Å². The molecule has 2 N–H and O–H groups in total. The second-order valence-corrected chi connectivity index (χ2v) is 18.2. The average molecular weight is 652 g/mol. The van der Waals surface area contributed by atoms with Crippen LogP contribution >= 0.6 is 0 Å². The van der Waals surface area contributed by atoms with Crippen molar-refractivity contribution in [3.8, 4) is 0 Å². The number of carbonyl (C=O) groups excluding carboxylic acids is 3. The topological polar surface area (TPSA) is 101 Å². The number of Topliss-reactive ketones (excluding diaryl/α,β-unsaturated/α-hetero) is 2. The maximum atomic E-state index is 14.3. The van der Waals surface area contributed by atoms with Crippen molar-refractivity contribution in [2.24, 2.45) is 56.7 Å². The van der Waals surface area contributed by atoms with Crippen molar-refractivity contribution in [3.05, 3.63) is 12.2 Å². The number of aliphatic carboxylic acids is 1. The Morgan fingerprint density at radius 2 is 1.43 bits per heavy atom. The van der Waals surface area contributed by atoms with Gasteiger partial charge >= 0.3 is 5.97 Å². The molecule has 0 spiro atoms. The monoisotopic (exact) mass is 651 g/mol. The molecule has 6 heteroatoms. The van der Waals surface area contributed by atoms with E-state index in [0.717, 1.165) is 103 Å². The molecule has 0 aromatic carbocycles. The molecule has 1 unspecified atom stereocenters. The number of nitrogens with one attached hydrogen (secondary N) is 1. The lowest BCUT2D eigenvalue weighted by Crippen LogP contribution is -2.68. The Bertz CT molecular complexity index is 1250. The Hall–Kier alpha value is -1.98. The Balaban J connectivity index is 1.26. The fourth-order valence-corrected chi connectivity index (χ4v) is 13.1. The zero-order chi connectivity index (χ0) is 34.4. The second-order valence-electron chi connectivity index (χ2n) is 18.2. The summed E-state index contributed by atoms with van der Waals surface area (Å²) in [6.07, 6.45) is 17.5. The predicted molar refractivity (Wildman–Crippen MR) is 187 cm³/mol. The summed E-state index contributed by atoms with van der Waals surface area (Å²) in [6, 6.07) is 0. The molecular weight excluding hydrogens is 586 g/mol. The lowest BCUT2D eigenvalue weighted by atomic mass is 9.32. The summed E-state index contributed by atoms with van der Waals surface area (Å²) in [6.45, 7) is 18.9. The van der Waals surface area contributed by atoms with E-state index in [1.165, 1.54) is 12.0 Å². The van der Waals surface area contributed by atoms with Gasteiger partial charge in [0.1, 0.15) is 0 Å². The number of ketones is 2. The van der Waals surface area contributed by atoms with Crippen molar-refractivity contribution in [3.63, 3.8) is 0 Å². The van der Waals surface area contributed by atoms with E-state index >= 15 is 0 Å². The third kappa shape index (κ3) is 5.98. The van der Waals surface area contributed by atoms with E-state index < -0.39 is 11.4 Å². The van der Waals surface area contributed by atoms with E-state index in [0.29, 0.717) is 30.1 Å². The van der Waals surface area contributed by atoms with Gasteiger partial charge in [0.05, 0.1) is 5.41 Å². The Morgan fingerprint density at radius 3 is 2.06 bits per heavy atom. The molecule has 0 radical (unpaired) electrons. The van der Waals surface area contributed by atoms with Crippen LogP contribution in [0.25, 0.3) is 0 Å². The van der Waals surface area contributed by atoms with E-state index in [-0.39, 0.29) is 51.5 Å². The molecule has 0 heterocycles. The quantitative estimate of drug-likeness (QED) is 0.118. The summed E-state index contributed by atoms with van der Waals surface area (Å²) in [7, 11) is 0. The first kappa shape index (κ1) is 36.3. The summed E-state index contributed by atoms with van der Waals surface area (Å²) in [5.74, 6) is 1.06. The molecule has 47 heavy (non-hydrogen) atoms. The van der Waals surface area contributed by atoms with Crippen LogP contribution in [-0.2, 0) is 19.2 Å². The highest BCUT2D eigenvalue weighted by Crippen LogP contribution is 2.77. The summed E-state index contributed by atoms with van der Waals surface area (Å²) < 4.78 is 0. The molecule has 9 atom stereocenters. The summed E-state index contributed by atoms with van der Waals surface area (Å²) in [5, 5.41) is 12.2. The SMILES string of the molecule is C=C(C)[C@@H]1CC[C@]2(C(=O)NCCCCCCCCCCC(=O)O)CC[C@]3(C)[C@H](CCC4[C@@]5(C)CC(=O)C(=O)C(C)(C)[C@@H]5CC[C@]43C)[C@@H]12. The van der Waals surface area contributed by atoms with Crippen LogP contribution in [0.15, 0.2) is 12.2 Å². The number of fused-ring (bicyclic) bond motifs is 7. The van der Waals surface area contributed by atoms with Crippen LogP contribution in [0.1, 0.15) is 157 Å². The normalized spacial score (nSPS) is 40.5. The summed E-state index contributed by atoms with van der Waals surface area (Å²) >= 11 is 0. The number of carboxylic acids is 1. The van der Waals surface area contributed by atoms with Gasteiger partial charge < -0.3 is 10.4 Å². The molecule has 0 aliphatic heterocycles. The number of carbonyl (C=O) groups is 4. The predicted octanol–water partition coefficient (Wildman–Crippen LogP) is 9.10. The molecule has 0 bridgehead atoms. The van der Waals surface area contributed by atoms with Gasteiger partial charge in [-0.3, -0.25) is 19.2 Å². The largest absolute Gasteiger partial charge is 0.481 e. The van der Waals surface area contributed by atoms with Gasteiger partial charge in [0.25, 0.3) is 0 Å². The van der Waals surface area contributed by atoms with Gasteiger partial charge in [0, 0.05) is 24.8 Å². The van der Waals surface area contributed by atoms with E-state index in [1.807, 2.05) is 13.8 Å². The zero-order valence-electron chi connectivity index (χ0n) is 30.6. The van der Waals surface area contributed by atoms with Crippen molar-refractivity contribution < 1.29 is 24.3 Å². The van der Waals surface area contributed by atoms with Crippen molar-refractivity contribution in [2.75, 3.05) is 6.54 Å². The summed E-state index contributed by atoms with van der Waals surface area (Å²) in [4.78, 5) is 51.3. The molecule has 5 aliphatic carbocycles. The third-order valence-electron chi connectivity index (χ3n) is 15.6. The molecule has 0 aromatic heterocycles. The molecule has 0 saturated heterocycles. The lowest BCUT2D eigenvalue weighted by molar-refractivity contribution is -0.231. The number of rotatable bonds is 13. The van der Waals surface area contributed by atoms with Gasteiger partial charge in [-0.15, -0.1) is 0 Å². The molecule has 264 valence electrons. The molecule has 5 rings (SSSR count). The van der Waals surface area contributed by atoms with Crippen LogP contribution in [0.3, 0.4) is 0 Å². The lowest BCUT2D eigenvalue weighted by Gasteiger charge is -2.72. The molecule has 1 amide bonds. The second kappa shape index (κ2) is 13.4. The minimum atomic E-state index is -0.701. The van der Waals surface area contributed by atoms with E-state index in [9.17, 15) is 19.2 Å². The van der Waals surface area contributed by atoms with Crippen LogP contribution in [0.5, 0.6) is 0 Å². The van der Waals surface area contributed by atoms with Crippen molar-refractivity contribution in [1.29, 1.82) is 0 Å². The fourth-order valence-electron chi connectivity index (χ4n) is 13.1. The van der Waals surface area contributed by atoms with Gasteiger partial charge in [-0.1, -0.05) is 85.3 Å². The standard InChI is InChI=1S/C41H65NO5/c1-27(2)28-19-22-41(36(47)42-25-15-13-11-9-8-10-12-14-16-33(44)45)24-23-39(6)29(34(28)41)17-18-32-38(5)26-30(43)35(46)37(3,4)31(38)20-21-40(32,39)7/h28-29,31-32,34H,1,8-26H2,2-7H3,(H,42,47)(H,44,45)/t28-,29+,31-,32?,34+,38-,39+,40+,41-/m0/s1. The molecule has 0 aromatic rings. The minimum Gasteiger partial charge on any atom is -0.481 e. The first-order valence-electron chi connectivity index (χ1n) is 19.3. The van der Waals surface area contributed by atoms with Gasteiger partial charge in [-0.05, 0) is 117 Å². The van der Waals surface area contributed by atoms with Crippen molar-refractivity contribution in [1.82, 2.24) is 5.32 Å². The van der Waals surface area contributed by atoms with Crippen molar-refractivity contribution >= 4 is 23.4 Å². The molecule has 5 aliphatic rings. The molecule has 5 fully saturated rings. The average Bonchev–Trinajstić information content (AvgIpc) is 3.40. The highest BCUT2D eigenvalue weighted by Gasteiger charge is 2.72. The van der Waals surface area contributed by atoms with Gasteiger partial charge in [-0.25, -0.2) is 0 Å². The highest BCUT2D eigenvalue weighted by atomic mass is 16.4. The Morgan fingerprint density at radius 1 is 0.787 bits per heavy atom. The minimum absolute atomic E-state index is 0.0685. The van der Waals surface area contributed by atoms with Crippen LogP contribution in [-0.4, -0.2) is 35.1 Å². The zero-order valence-corrected chi connectivity index (χ0v) is 30.6. The summed E-state index contributed by atoms with van der Waals surface area (Å²) in [5.41, 5.74) is 0.313. The first-order valence-corrected chi connectivity index (χ1v) is 19.3. The number of unbranched alkanes of at least 4 members (excludes halogenated alkanes) is 7. The number of hydrogen-bond donors (Lipinski definition) is 2. The van der Waals surface area contributed by atoms with Crippen LogP contribution in [0.2, 0.25) is 0 Å². The highest BCUT2D eigenvalue weighted by molar-refractivity contribution is 6.39. The van der Waals surface area contributed by atoms with Gasteiger partial charge in [0.2, 0.25) is 11.7 Å². The van der Waals surface area contributed by atoms with Gasteiger partial charge in [0.15, 0.2) is 5.78 Å². The molecular formula is C41H65NO5. The van der Waals surface area contributed by atoms with E-state index in [2.05, 4.69) is 39.6 Å².